The smallest absolute Gasteiger partial charge is 0.317 e. The number of nitrogens with zero attached hydrogens (tertiary/aromatic N) is 19. The van der Waals surface area contributed by atoms with Crippen LogP contribution in [0.15, 0.2) is 136 Å². The molecule has 11 aliphatic carbocycles. The summed E-state index contributed by atoms with van der Waals surface area (Å²) < 4.78 is 48.7. The predicted molar refractivity (Wildman–Crippen MR) is 514 cm³/mol. The van der Waals surface area contributed by atoms with E-state index >= 15 is 8.78 Å². The van der Waals surface area contributed by atoms with E-state index in [1.165, 1.54) is 77.0 Å². The monoisotopic (exact) mass is 1880 g/mol. The predicted octanol–water partition coefficient (Wildman–Crippen LogP) is 21.7. The molecule has 2 aliphatic heterocycles. The lowest BCUT2D eigenvalue weighted by molar-refractivity contribution is 0.0334. The molecule has 11 saturated carbocycles. The Bertz CT molecular complexity index is 6700. The Labute approximate surface area is 794 Å². The molecule has 13 aliphatic rings. The van der Waals surface area contributed by atoms with Crippen molar-refractivity contribution in [2.24, 2.45) is 76.9 Å². The van der Waals surface area contributed by atoms with Gasteiger partial charge in [-0.3, -0.25) is 20.4 Å². The molecule has 2 saturated heterocycles. The number of pyridine rings is 4. The topological polar surface area (TPSA) is 360 Å². The molecule has 15 aromatic rings. The lowest BCUT2D eigenvalue weighted by Gasteiger charge is -2.47. The Hall–Kier alpha value is -12.0. The number of rotatable bonds is 19. The highest BCUT2D eigenvalue weighted by Crippen LogP contribution is 2.54. The van der Waals surface area contributed by atoms with E-state index in [-0.39, 0.29) is 23.7 Å². The molecule has 8 atom stereocenters. The van der Waals surface area contributed by atoms with E-state index < -0.39 is 0 Å². The molecule has 135 heavy (non-hydrogen) atoms. The number of furan rings is 3. The third-order valence-electron chi connectivity index (χ3n) is 31.4. The van der Waals surface area contributed by atoms with Crippen LogP contribution < -0.4 is 20.4 Å². The maximum atomic E-state index is 16.3. The Balaban J connectivity index is 0.000000105. The molecule has 13 fully saturated rings. The van der Waals surface area contributed by atoms with Crippen molar-refractivity contribution in [2.75, 3.05) is 54.4 Å². The standard InChI is InChI=1S/C28H31ClFN7O.C26H28ClN7O2.C24H25N5O.C23H26ClFN6/c1-16-17-4-6-18(7-5-17)20(16)14-22-24(30)28(37-10-8-36(9-11-37)23-3-2-12-38-23)33-27(32-22)25-21-13-19(29)15-31-26(21)35-34-25;27-17-13-20-23(32-33-24(20)28-15-17)25-29-19(14-21(31-25)22-7-4-10-36-22)12-16-5-3-6-18(11-16)30-26(35)34-8-1-2-9-34;1-14-15-6-8-16(9-7-15)19(14)12-17-13-20(21-5-3-11-30-21)27-24(26-17)22-18-4-2-10-25-23(18)29-28-22;1-11-12-2-4-13(5-3-12)16(11)9-18-19(25)22(27-15-6-7-15)29-23(28-18)20-17-8-14(24)10-26-21(17)31-30-20/h2-3,12-13,15-18,20H,4-11,14H2,1H3,(H,31,34,35);4,7,10,13-16,18H,1-3,5-6,8-9,11-12H2,(H,30,35)(H,28,32,33);2-5,10-11,13-16,19H,6-9,12H2,1H3,(H,25,28,29);8,10-13,15-16H,2-7,9H2,1H3,(H,26,30,31)(H,27,28,29)/t16-,17?,18?,20+;16-,18+;;11-,12?,13?,16+/m01.0/s1. The maximum Gasteiger partial charge on any atom is 0.317 e. The second-order valence-electron chi connectivity index (χ2n) is 39.3. The number of halogens is 5. The number of nitrogens with one attached hydrogen (secondary N) is 6. The number of aromatic amines is 4. The number of carbonyl (C=O) groups excluding carboxylic acids is 1. The summed E-state index contributed by atoms with van der Waals surface area (Å²) in [4.78, 5) is 74.4. The van der Waals surface area contributed by atoms with Crippen LogP contribution in [0, 0.1) is 88.6 Å². The average Bonchev–Trinajstić information content (AvgIpc) is 1.76. The first-order valence-electron chi connectivity index (χ1n) is 48.6. The number of amides is 2. The third kappa shape index (κ3) is 18.7. The molecule has 28 rings (SSSR count). The zero-order valence-electron chi connectivity index (χ0n) is 75.9. The molecular formula is C101H110Cl3F2N25O4. The molecule has 29 nitrogen and oxygen atoms in total. The summed E-state index contributed by atoms with van der Waals surface area (Å²) in [5.41, 5.74) is 9.61. The first-order chi connectivity index (χ1) is 66.0. The SMILES string of the molecule is CC1C2CCC(CC2)C1Cc1cc(-c2ccco2)nc(-c2[nH]nc3ncccc23)n1.C[C@H]1C2CCC(CC2)[C@@H]1Cc1nc(-c2[nH]nc3ncc(Cl)cc23)nc(N2CCN(c3ccco3)CC2)c1F.C[C@H]1C2CCC(CC2)[C@@H]1Cc1nc(-c2[nH]nc3ncc(Cl)cc23)nc(NC2CC2)c1F.O=C(N[C@H]1CCC[C@@H](Cc2cc(-c3ccco3)nc(-c3[nH]nc4ncc(Cl)cc34)n2)C1)N1CCCC1. The Morgan fingerprint density at radius 1 is 0.430 bits per heavy atom. The van der Waals surface area contributed by atoms with Crippen LogP contribution in [-0.2, 0) is 25.7 Å². The molecule has 0 radical (unpaired) electrons. The maximum absolute atomic E-state index is 16.3. The molecule has 2 unspecified atom stereocenters. The molecule has 6 bridgehead atoms. The van der Waals surface area contributed by atoms with Crippen LogP contribution in [0.2, 0.25) is 15.1 Å². The highest BCUT2D eigenvalue weighted by molar-refractivity contribution is 6.32. The van der Waals surface area contributed by atoms with Crippen molar-refractivity contribution in [1.29, 1.82) is 0 Å². The number of hydrogen-bond donors (Lipinski definition) is 6. The van der Waals surface area contributed by atoms with Crippen LogP contribution in [0.25, 0.3) is 113 Å². The number of anilines is 3. The summed E-state index contributed by atoms with van der Waals surface area (Å²) in [7, 11) is 0. The molecule has 0 spiro atoms. The van der Waals surface area contributed by atoms with Gasteiger partial charge in [-0.2, -0.15) is 20.4 Å². The van der Waals surface area contributed by atoms with Crippen molar-refractivity contribution >= 4 is 102 Å². The summed E-state index contributed by atoms with van der Waals surface area (Å²) in [5.74, 6) is 12.9. The summed E-state index contributed by atoms with van der Waals surface area (Å²) in [6, 6.07) is 25.5. The molecule has 6 N–H and O–H groups in total. The van der Waals surface area contributed by atoms with Crippen LogP contribution in [0.3, 0.4) is 0 Å². The lowest BCUT2D eigenvalue weighted by Crippen LogP contribution is -2.47. The number of fused-ring (bicyclic) bond motifs is 13. The van der Waals surface area contributed by atoms with E-state index in [1.54, 1.807) is 55.7 Å². The quantitative estimate of drug-likeness (QED) is 0.0438. The Kier molecular flexibility index (Phi) is 25.1. The molecule has 34 heteroatoms. The average molecular weight is 1880 g/mol. The summed E-state index contributed by atoms with van der Waals surface area (Å²) in [5, 5.41) is 40.7. The second kappa shape index (κ2) is 38.3. The van der Waals surface area contributed by atoms with Gasteiger partial charge < -0.3 is 38.6 Å². The zero-order valence-corrected chi connectivity index (χ0v) is 78.2. The van der Waals surface area contributed by atoms with Crippen LogP contribution >= 0.6 is 34.8 Å². The largest absolute Gasteiger partial charge is 0.463 e. The number of hydrogen-bond acceptors (Lipinski definition) is 23. The van der Waals surface area contributed by atoms with E-state index in [9.17, 15) is 4.79 Å². The first kappa shape index (κ1) is 88.3. The lowest BCUT2D eigenvalue weighted by atomic mass is 9.58. The van der Waals surface area contributed by atoms with Gasteiger partial charge in [-0.15, -0.1) is 0 Å². The van der Waals surface area contributed by atoms with Crippen LogP contribution in [0.4, 0.5) is 31.1 Å². The summed E-state index contributed by atoms with van der Waals surface area (Å²) >= 11 is 18.6. The van der Waals surface area contributed by atoms with Gasteiger partial charge in [-0.1, -0.05) is 62.0 Å². The van der Waals surface area contributed by atoms with Gasteiger partial charge in [-0.05, 0) is 297 Å². The molecule has 2 amide bonds. The molecule has 15 aromatic heterocycles. The van der Waals surface area contributed by atoms with Gasteiger partial charge in [0, 0.05) is 99.0 Å². The minimum atomic E-state index is -0.302. The van der Waals surface area contributed by atoms with Crippen molar-refractivity contribution < 1.29 is 26.8 Å². The first-order valence-corrected chi connectivity index (χ1v) is 49.7. The number of urea groups is 1. The molecule has 17 heterocycles. The van der Waals surface area contributed by atoms with Crippen molar-refractivity contribution in [3.8, 4) is 69.0 Å². The van der Waals surface area contributed by atoms with Gasteiger partial charge in [-0.25, -0.2) is 73.4 Å². The number of piperazine rings is 1. The van der Waals surface area contributed by atoms with Crippen LogP contribution in [0.5, 0.6) is 0 Å². The second-order valence-corrected chi connectivity index (χ2v) is 40.7. The molecule has 0 aromatic carbocycles. The molecule has 698 valence electrons. The Morgan fingerprint density at radius 2 is 0.881 bits per heavy atom. The highest BCUT2D eigenvalue weighted by atomic mass is 35.5. The minimum absolute atomic E-state index is 0.0842. The van der Waals surface area contributed by atoms with Crippen molar-refractivity contribution in [2.45, 2.75) is 187 Å². The van der Waals surface area contributed by atoms with E-state index in [2.05, 4.69) is 108 Å². The minimum Gasteiger partial charge on any atom is -0.463 e. The number of carbonyl (C=O) groups is 1. The number of H-pyrrole nitrogens is 4. The van der Waals surface area contributed by atoms with Gasteiger partial charge in [0.15, 0.2) is 86.6 Å². The van der Waals surface area contributed by atoms with Crippen molar-refractivity contribution in [3.05, 3.63) is 172 Å². The number of aromatic nitrogens is 20. The highest BCUT2D eigenvalue weighted by Gasteiger charge is 2.46. The van der Waals surface area contributed by atoms with Gasteiger partial charge >= 0.3 is 6.03 Å². The van der Waals surface area contributed by atoms with E-state index in [1.807, 2.05) is 70.5 Å². The summed E-state index contributed by atoms with van der Waals surface area (Å²) in [6.45, 7) is 11.6. The van der Waals surface area contributed by atoms with Crippen LogP contribution in [0.1, 0.15) is 172 Å². The number of likely N-dealkylation sites (tertiary alicyclic amines) is 1. The normalized spacial score (nSPS) is 24.6. The van der Waals surface area contributed by atoms with Crippen molar-refractivity contribution in [3.63, 3.8) is 0 Å². The van der Waals surface area contributed by atoms with E-state index in [0.717, 1.165) is 176 Å². The van der Waals surface area contributed by atoms with Gasteiger partial charge in [0.05, 0.1) is 61.4 Å². The zero-order chi connectivity index (χ0) is 91.5. The van der Waals surface area contributed by atoms with Gasteiger partial charge in [0.25, 0.3) is 0 Å². The van der Waals surface area contributed by atoms with E-state index in [4.69, 9.17) is 82.9 Å². The van der Waals surface area contributed by atoms with Gasteiger partial charge in [0.2, 0.25) is 0 Å². The van der Waals surface area contributed by atoms with E-state index in [0.29, 0.717) is 192 Å². The Morgan fingerprint density at radius 3 is 1.37 bits per heavy atom. The van der Waals surface area contributed by atoms with Crippen molar-refractivity contribution in [1.82, 2.24) is 111 Å². The fraction of sp³-hybridized carbons (Fsp3) is 0.475. The fourth-order valence-corrected chi connectivity index (χ4v) is 24.4. The molecular weight excluding hydrogens is 1770 g/mol. The van der Waals surface area contributed by atoms with Gasteiger partial charge in [0.1, 0.15) is 34.2 Å². The summed E-state index contributed by atoms with van der Waals surface area (Å²) in [6.07, 6.45) is 38.8. The third-order valence-corrected chi connectivity index (χ3v) is 32.0. The van der Waals surface area contributed by atoms with Crippen LogP contribution in [-0.4, -0.2) is 163 Å². The fourth-order valence-electron chi connectivity index (χ4n) is 23.9.